The predicted octanol–water partition coefficient (Wildman–Crippen LogP) is 2.88. The smallest absolute Gasteiger partial charge is 0.110 e. The minimum Gasteiger partial charge on any atom is -0.110 e. The van der Waals surface area contributed by atoms with Crippen molar-refractivity contribution in [1.29, 1.82) is 0 Å². The van der Waals surface area contributed by atoms with Crippen LogP contribution in [0.4, 0.5) is 0 Å². The molecule has 0 amide bonds. The third-order valence-electron chi connectivity index (χ3n) is 1.09. The second kappa shape index (κ2) is 4.89. The van der Waals surface area contributed by atoms with Crippen LogP contribution >= 0.6 is 0 Å². The summed E-state index contributed by atoms with van der Waals surface area (Å²) in [4.78, 5) is 7.42. The maximum Gasteiger partial charge on any atom is 0.349 e. The Morgan fingerprint density at radius 3 is 1.50 bits per heavy atom. The van der Waals surface area contributed by atoms with E-state index in [4.69, 9.17) is 16.6 Å². The Bertz CT molecular complexity index is 242. The molecule has 0 N–H and O–H groups in total. The first-order valence-corrected chi connectivity index (χ1v) is 4.98. The van der Waals surface area contributed by atoms with Crippen LogP contribution in [0.25, 0.3) is 31.3 Å². The molecule has 62 valence electrons. The third-order valence-corrected chi connectivity index (χ3v) is 3.27. The van der Waals surface area contributed by atoms with Crippen LogP contribution in [0.3, 0.4) is 0 Å². The van der Waals surface area contributed by atoms with Crippen LogP contribution in [0.1, 0.15) is 6.92 Å². The first-order chi connectivity index (χ1) is 5.74. The minimum atomic E-state index is -3.14. The monoisotopic (exact) mass is 183 g/mol. The lowest BCUT2D eigenvalue weighted by molar-refractivity contribution is 1.21. The molecule has 0 unspecified atom stereocenters. The maximum absolute atomic E-state index is 8.11. The van der Waals surface area contributed by atoms with Crippen LogP contribution < -0.4 is 0 Å². The summed E-state index contributed by atoms with van der Waals surface area (Å²) in [6.07, 6.45) is 0. The number of hydrogen-bond donors (Lipinski definition) is 0. The fourth-order valence-electron chi connectivity index (χ4n) is 0.487. The maximum atomic E-state index is 8.11. The molecule has 10 heteroatoms. The molecule has 0 aliphatic carbocycles. The van der Waals surface area contributed by atoms with Crippen molar-refractivity contribution in [2.45, 2.75) is 13.0 Å². The Hall–Kier alpha value is -1.85. The molecule has 0 aromatic rings. The molecular weight excluding hydrogens is 178 g/mol. The predicted molar refractivity (Wildman–Crippen MR) is 43.7 cm³/mol. The van der Waals surface area contributed by atoms with E-state index in [0.29, 0.717) is 0 Å². The number of nitrogens with zero attached hydrogens (tertiary/aromatic N) is 9. The van der Waals surface area contributed by atoms with Gasteiger partial charge in [-0.2, -0.15) is 0 Å². The molecule has 0 heterocycles. The van der Waals surface area contributed by atoms with Crippen LogP contribution in [0.5, 0.6) is 0 Å². The molecule has 0 bridgehead atoms. The molecular formula is C2H5N9Si. The Balaban J connectivity index is 5.13. The van der Waals surface area contributed by atoms with E-state index in [-0.39, 0.29) is 6.04 Å². The summed E-state index contributed by atoms with van der Waals surface area (Å²) in [5, 5.41) is 0. The first kappa shape index (κ1) is 10.1. The van der Waals surface area contributed by atoms with Crippen molar-refractivity contribution in [3.8, 4) is 0 Å². The first-order valence-electron chi connectivity index (χ1n) is 2.93. The van der Waals surface area contributed by atoms with E-state index in [0.717, 1.165) is 0 Å². The highest BCUT2D eigenvalue weighted by molar-refractivity contribution is 6.74. The van der Waals surface area contributed by atoms with Crippen molar-refractivity contribution in [2.24, 2.45) is 14.3 Å². The Morgan fingerprint density at radius 2 is 1.33 bits per heavy atom. The lowest BCUT2D eigenvalue weighted by atomic mass is 11.0. The zero-order valence-electron chi connectivity index (χ0n) is 6.23. The SMILES string of the molecule is CC[Si](N=[N+]=[N-])(N=[N+]=[N-])N=[N+]=[N-]. The zero-order chi connectivity index (χ0) is 9.45. The topological polar surface area (TPSA) is 146 Å². The van der Waals surface area contributed by atoms with Crippen molar-refractivity contribution in [3.05, 3.63) is 31.3 Å². The van der Waals surface area contributed by atoms with Gasteiger partial charge in [-0.05, 0) is 37.4 Å². The molecule has 0 radical (unpaired) electrons. The molecule has 0 rings (SSSR count). The Morgan fingerprint density at radius 1 is 1.00 bits per heavy atom. The average Bonchev–Trinajstić information content (AvgIpc) is 2.06. The summed E-state index contributed by atoms with van der Waals surface area (Å²) in [7, 11) is -3.14. The number of azide groups is 1. The van der Waals surface area contributed by atoms with E-state index >= 15 is 0 Å². The van der Waals surface area contributed by atoms with Crippen LogP contribution in [0.15, 0.2) is 14.3 Å². The second-order valence-corrected chi connectivity index (χ2v) is 4.55. The van der Waals surface area contributed by atoms with Crippen molar-refractivity contribution in [3.63, 3.8) is 0 Å². The summed E-state index contributed by atoms with van der Waals surface area (Å²) in [5.41, 5.74) is 24.3. The molecule has 0 aromatic heterocycles. The molecule has 0 aliphatic heterocycles. The average molecular weight is 183 g/mol. The van der Waals surface area contributed by atoms with Gasteiger partial charge in [0.1, 0.15) is 0 Å². The summed E-state index contributed by atoms with van der Waals surface area (Å²) in [6, 6.07) is 0.255. The van der Waals surface area contributed by atoms with E-state index in [2.05, 4.69) is 29.1 Å². The molecule has 0 spiro atoms. The molecule has 9 nitrogen and oxygen atoms in total. The summed E-state index contributed by atoms with van der Waals surface area (Å²) in [6.45, 7) is 1.63. The number of rotatable bonds is 4. The second-order valence-electron chi connectivity index (χ2n) is 1.70. The highest BCUT2D eigenvalue weighted by atomic mass is 28.4. The van der Waals surface area contributed by atoms with Crippen LogP contribution in [-0.2, 0) is 0 Å². The van der Waals surface area contributed by atoms with Gasteiger partial charge in [-0.1, -0.05) is 6.92 Å². The normalized spacial score (nSPS) is 12.8. The van der Waals surface area contributed by atoms with Gasteiger partial charge in [-0.3, -0.25) is 0 Å². The van der Waals surface area contributed by atoms with Gasteiger partial charge in [0.2, 0.25) is 0 Å². The highest BCUT2D eigenvalue weighted by Gasteiger charge is 2.28. The van der Waals surface area contributed by atoms with Gasteiger partial charge >= 0.3 is 8.56 Å². The highest BCUT2D eigenvalue weighted by Crippen LogP contribution is 2.15. The van der Waals surface area contributed by atoms with Crippen LogP contribution in [0, 0.1) is 0 Å². The molecule has 0 saturated heterocycles. The van der Waals surface area contributed by atoms with Gasteiger partial charge in [0.25, 0.3) is 0 Å². The van der Waals surface area contributed by atoms with Gasteiger partial charge in [0.05, 0.1) is 0 Å². The summed E-state index contributed by atoms with van der Waals surface area (Å²) in [5.74, 6) is 0. The lowest BCUT2D eigenvalue weighted by Gasteiger charge is -2.07. The largest absolute Gasteiger partial charge is 0.349 e. The summed E-state index contributed by atoms with van der Waals surface area (Å²) < 4.78 is 9.70. The van der Waals surface area contributed by atoms with Crippen molar-refractivity contribution >= 4 is 8.56 Å². The van der Waals surface area contributed by atoms with E-state index < -0.39 is 8.56 Å². The Labute approximate surface area is 68.1 Å². The minimum absolute atomic E-state index is 0.255. The standard InChI is InChI=1S/C2H5N9Si/c1-2-12(9-6-3,10-7-4)11-8-5/h2H2,1H3. The molecule has 0 atom stereocenters. The lowest BCUT2D eigenvalue weighted by Crippen LogP contribution is -2.23. The van der Waals surface area contributed by atoms with Gasteiger partial charge in [-0.25, -0.2) is 0 Å². The van der Waals surface area contributed by atoms with E-state index in [9.17, 15) is 0 Å². The van der Waals surface area contributed by atoms with Gasteiger partial charge < -0.3 is 0 Å². The molecule has 0 aromatic carbocycles. The molecule has 0 fully saturated rings. The fourth-order valence-corrected chi connectivity index (χ4v) is 1.46. The van der Waals surface area contributed by atoms with Gasteiger partial charge in [0.15, 0.2) is 0 Å². The Kier molecular flexibility index (Phi) is 4.13. The third kappa shape index (κ3) is 2.41. The quantitative estimate of drug-likeness (QED) is 0.273. The van der Waals surface area contributed by atoms with Crippen LogP contribution in [-0.4, -0.2) is 8.56 Å². The summed E-state index contributed by atoms with van der Waals surface area (Å²) >= 11 is 0. The molecule has 0 saturated carbocycles. The number of hydrogen-bond acceptors (Lipinski definition) is 3. The fraction of sp³-hybridized carbons (Fsp3) is 1.00. The van der Waals surface area contributed by atoms with Crippen molar-refractivity contribution in [1.82, 2.24) is 0 Å². The zero-order valence-corrected chi connectivity index (χ0v) is 7.23. The van der Waals surface area contributed by atoms with Gasteiger partial charge in [-0.15, -0.1) is 14.3 Å². The van der Waals surface area contributed by atoms with E-state index in [1.807, 2.05) is 0 Å². The molecule has 12 heavy (non-hydrogen) atoms. The van der Waals surface area contributed by atoms with Gasteiger partial charge in [0, 0.05) is 0 Å². The van der Waals surface area contributed by atoms with E-state index in [1.54, 1.807) is 6.92 Å². The van der Waals surface area contributed by atoms with E-state index in [1.165, 1.54) is 0 Å². The molecule has 0 aliphatic rings. The van der Waals surface area contributed by atoms with Crippen molar-refractivity contribution in [2.75, 3.05) is 0 Å². The van der Waals surface area contributed by atoms with Crippen molar-refractivity contribution < 1.29 is 0 Å². The van der Waals surface area contributed by atoms with Crippen LogP contribution in [0.2, 0.25) is 6.04 Å².